The molecule has 0 radical (unpaired) electrons. The van der Waals surface area contributed by atoms with E-state index < -0.39 is 13.0 Å². The van der Waals surface area contributed by atoms with Gasteiger partial charge in [0.05, 0.1) is 22.8 Å². The number of aromatic nitrogens is 3. The molecule has 0 amide bonds. The SMILES string of the molecule is [Cl][Ru]([Cl])[Cl].c1ccc(-c2cc(-c3ccsc3)cc(-c3ccccn3)n2)nc1. The van der Waals surface area contributed by atoms with Crippen molar-refractivity contribution in [2.75, 3.05) is 0 Å². The second kappa shape index (κ2) is 10.3. The number of hydrogen-bond acceptors (Lipinski definition) is 4. The van der Waals surface area contributed by atoms with Crippen molar-refractivity contribution in [3.8, 4) is 33.9 Å². The van der Waals surface area contributed by atoms with E-state index in [1.54, 1.807) is 23.7 Å². The summed E-state index contributed by atoms with van der Waals surface area (Å²) >= 11 is -0.0672. The molecular formula is C19H13Cl3N3RuS. The van der Waals surface area contributed by atoms with E-state index in [4.69, 9.17) is 34.1 Å². The van der Waals surface area contributed by atoms with E-state index in [-0.39, 0.29) is 0 Å². The molecule has 0 aliphatic heterocycles. The van der Waals surface area contributed by atoms with Crippen LogP contribution in [-0.4, -0.2) is 15.0 Å². The molecule has 139 valence electrons. The molecule has 0 aromatic carbocycles. The van der Waals surface area contributed by atoms with Crippen LogP contribution in [0, 0.1) is 0 Å². The minimum atomic E-state index is -1.75. The molecule has 0 unspecified atom stereocenters. The van der Waals surface area contributed by atoms with Gasteiger partial charge in [0.15, 0.2) is 0 Å². The topological polar surface area (TPSA) is 38.7 Å². The number of halogens is 3. The predicted octanol–water partition coefficient (Wildman–Crippen LogP) is 7.00. The summed E-state index contributed by atoms with van der Waals surface area (Å²) in [6.07, 6.45) is 3.57. The average molecular weight is 523 g/mol. The monoisotopic (exact) mass is 522 g/mol. The molecule has 27 heavy (non-hydrogen) atoms. The molecular weight excluding hydrogens is 510 g/mol. The number of rotatable bonds is 3. The predicted molar refractivity (Wildman–Crippen MR) is 112 cm³/mol. The molecule has 0 bridgehead atoms. The molecule has 0 fully saturated rings. The largest absolute Gasteiger partial charge is 0.255 e. The van der Waals surface area contributed by atoms with Crippen LogP contribution >= 0.6 is 40.4 Å². The third-order valence-electron chi connectivity index (χ3n) is 3.53. The molecule has 0 N–H and O–H groups in total. The van der Waals surface area contributed by atoms with Crippen molar-refractivity contribution in [2.45, 2.75) is 0 Å². The zero-order valence-electron chi connectivity index (χ0n) is 13.7. The van der Waals surface area contributed by atoms with E-state index in [1.807, 2.05) is 36.4 Å². The van der Waals surface area contributed by atoms with Crippen LogP contribution in [0.3, 0.4) is 0 Å². The van der Waals surface area contributed by atoms with Gasteiger partial charge in [-0.1, -0.05) is 12.1 Å². The van der Waals surface area contributed by atoms with Gasteiger partial charge in [-0.3, -0.25) is 9.97 Å². The second-order valence-electron chi connectivity index (χ2n) is 5.22. The molecule has 4 rings (SSSR count). The van der Waals surface area contributed by atoms with E-state index in [0.29, 0.717) is 0 Å². The Hall–Kier alpha value is -1.36. The van der Waals surface area contributed by atoms with Crippen molar-refractivity contribution >= 4 is 40.4 Å². The Morgan fingerprint density at radius 3 is 1.67 bits per heavy atom. The quantitative estimate of drug-likeness (QED) is 0.272. The van der Waals surface area contributed by atoms with Gasteiger partial charge in [-0.25, -0.2) is 4.98 Å². The first kappa shape index (κ1) is 20.4. The summed E-state index contributed by atoms with van der Waals surface area (Å²) in [6.45, 7) is 0. The molecule has 0 saturated heterocycles. The van der Waals surface area contributed by atoms with Crippen LogP contribution in [0.2, 0.25) is 0 Å². The van der Waals surface area contributed by atoms with Crippen molar-refractivity contribution < 1.29 is 13.0 Å². The number of thiophene rings is 1. The van der Waals surface area contributed by atoms with E-state index >= 15 is 0 Å². The number of nitrogens with zero attached hydrogens (tertiary/aromatic N) is 3. The van der Waals surface area contributed by atoms with Crippen molar-refractivity contribution in [3.63, 3.8) is 0 Å². The van der Waals surface area contributed by atoms with Crippen LogP contribution in [-0.2, 0) is 13.0 Å². The maximum absolute atomic E-state index is 4.95. The van der Waals surface area contributed by atoms with Crippen LogP contribution in [0.5, 0.6) is 0 Å². The Kier molecular flexibility index (Phi) is 7.74. The van der Waals surface area contributed by atoms with Crippen LogP contribution < -0.4 is 0 Å². The number of hydrogen-bond donors (Lipinski definition) is 0. The molecule has 0 atom stereocenters. The Labute approximate surface area is 179 Å². The minimum Gasteiger partial charge on any atom is -0.255 e. The fourth-order valence-corrected chi connectivity index (χ4v) is 3.08. The van der Waals surface area contributed by atoms with Crippen LogP contribution in [0.25, 0.3) is 33.9 Å². The summed E-state index contributed by atoms with van der Waals surface area (Å²) in [7, 11) is 14.8. The maximum Gasteiger partial charge on any atom is 0.0900 e. The molecule has 8 heteroatoms. The second-order valence-corrected chi connectivity index (χ2v) is 13.9. The van der Waals surface area contributed by atoms with Crippen molar-refractivity contribution in [2.24, 2.45) is 0 Å². The summed E-state index contributed by atoms with van der Waals surface area (Å²) < 4.78 is 0. The molecule has 4 aromatic heterocycles. The Morgan fingerprint density at radius 2 is 1.26 bits per heavy atom. The van der Waals surface area contributed by atoms with Gasteiger partial charge in [-0.2, -0.15) is 11.3 Å². The third-order valence-corrected chi connectivity index (χ3v) is 4.22. The Balaban J connectivity index is 0.000000481. The van der Waals surface area contributed by atoms with E-state index in [0.717, 1.165) is 28.3 Å². The maximum atomic E-state index is 4.95. The van der Waals surface area contributed by atoms with E-state index in [1.165, 1.54) is 5.56 Å². The van der Waals surface area contributed by atoms with Crippen molar-refractivity contribution in [1.29, 1.82) is 0 Å². The normalized spacial score (nSPS) is 10.7. The van der Waals surface area contributed by atoms with Crippen LogP contribution in [0.1, 0.15) is 0 Å². The smallest absolute Gasteiger partial charge is 0.0900 e. The van der Waals surface area contributed by atoms with Crippen molar-refractivity contribution in [3.05, 3.63) is 77.8 Å². The summed E-state index contributed by atoms with van der Waals surface area (Å²) in [5, 5.41) is 4.22. The number of pyridine rings is 3. The van der Waals surface area contributed by atoms with Gasteiger partial charge in [-0.15, -0.1) is 0 Å². The molecule has 0 aliphatic rings. The third kappa shape index (κ3) is 6.06. The van der Waals surface area contributed by atoms with Gasteiger partial charge in [0.2, 0.25) is 0 Å². The van der Waals surface area contributed by atoms with E-state index in [2.05, 4.69) is 38.9 Å². The molecule has 0 spiro atoms. The molecule has 0 saturated carbocycles. The van der Waals surface area contributed by atoms with Gasteiger partial charge >= 0.3 is 42.1 Å². The molecule has 0 aliphatic carbocycles. The van der Waals surface area contributed by atoms with Crippen LogP contribution in [0.4, 0.5) is 0 Å². The first-order chi connectivity index (χ1) is 13.1. The van der Waals surface area contributed by atoms with Crippen LogP contribution in [0.15, 0.2) is 77.8 Å². The summed E-state index contributed by atoms with van der Waals surface area (Å²) in [4.78, 5) is 13.6. The Morgan fingerprint density at radius 1 is 0.704 bits per heavy atom. The molecule has 4 aromatic rings. The molecule has 4 heterocycles. The summed E-state index contributed by atoms with van der Waals surface area (Å²) in [5.41, 5.74) is 5.75. The minimum absolute atomic E-state index is 0.856. The van der Waals surface area contributed by atoms with Gasteiger partial charge < -0.3 is 0 Å². The standard InChI is InChI=1S/C19H13N3S.3ClH.Ru/c1-3-8-20-16(5-1)18-11-15(14-7-10-23-13-14)12-19(22-18)17-6-2-4-9-21-17;;;;/h1-13H;3*1H;/q;;;;+3/p-3. The van der Waals surface area contributed by atoms with E-state index in [9.17, 15) is 0 Å². The van der Waals surface area contributed by atoms with Gasteiger partial charge in [0.1, 0.15) is 0 Å². The zero-order valence-corrected chi connectivity index (χ0v) is 18.6. The molecule has 3 nitrogen and oxygen atoms in total. The van der Waals surface area contributed by atoms with Gasteiger partial charge in [0.25, 0.3) is 0 Å². The average Bonchev–Trinajstić information content (AvgIpc) is 3.24. The summed E-state index contributed by atoms with van der Waals surface area (Å²) in [5.74, 6) is 0. The zero-order chi connectivity index (χ0) is 19.1. The van der Waals surface area contributed by atoms with Crippen molar-refractivity contribution in [1.82, 2.24) is 15.0 Å². The first-order valence-electron chi connectivity index (χ1n) is 7.68. The first-order valence-corrected chi connectivity index (χ1v) is 15.3. The fraction of sp³-hybridized carbons (Fsp3) is 0. The van der Waals surface area contributed by atoms with Gasteiger partial charge in [0, 0.05) is 12.4 Å². The van der Waals surface area contributed by atoms with Gasteiger partial charge in [-0.05, 0) is 64.4 Å². The summed E-state index contributed by atoms with van der Waals surface area (Å²) in [6, 6.07) is 18.0. The Bertz CT molecular complexity index is 908. The fourth-order valence-electron chi connectivity index (χ4n) is 2.42.